The van der Waals surface area contributed by atoms with E-state index in [0.29, 0.717) is 0 Å². The zero-order valence-electron chi connectivity index (χ0n) is 9.22. The van der Waals surface area contributed by atoms with Gasteiger partial charge in [0.05, 0.1) is 0 Å². The van der Waals surface area contributed by atoms with Crippen LogP contribution in [0.3, 0.4) is 0 Å². The first-order valence-corrected chi connectivity index (χ1v) is 5.16. The van der Waals surface area contributed by atoms with Crippen molar-refractivity contribution in [1.82, 2.24) is 5.32 Å². The number of nitrogens with two attached hydrogens (primary N) is 1. The summed E-state index contributed by atoms with van der Waals surface area (Å²) in [6, 6.07) is 4.57. The first kappa shape index (κ1) is 12.0. The van der Waals surface area contributed by atoms with Crippen LogP contribution in [-0.4, -0.2) is 24.4 Å². The summed E-state index contributed by atoms with van der Waals surface area (Å²) in [6.07, 6.45) is 0. The monoisotopic (exact) mass is 251 g/mol. The molecule has 1 unspecified atom stereocenters. The van der Waals surface area contributed by atoms with Gasteiger partial charge in [0.1, 0.15) is 11.7 Å². The van der Waals surface area contributed by atoms with Crippen molar-refractivity contribution in [3.63, 3.8) is 0 Å². The van der Waals surface area contributed by atoms with Crippen molar-refractivity contribution in [3.8, 4) is 0 Å². The van der Waals surface area contributed by atoms with E-state index in [4.69, 9.17) is 5.73 Å². The van der Waals surface area contributed by atoms with Crippen molar-refractivity contribution in [3.05, 3.63) is 30.1 Å². The van der Waals surface area contributed by atoms with Crippen LogP contribution in [-0.2, 0) is 9.59 Å². The Morgan fingerprint density at radius 3 is 2.78 bits per heavy atom. The lowest BCUT2D eigenvalue weighted by Gasteiger charge is -2.30. The highest BCUT2D eigenvalue weighted by molar-refractivity contribution is 6.13. The van der Waals surface area contributed by atoms with Crippen LogP contribution in [0, 0.1) is 11.7 Å². The minimum Gasteiger partial charge on any atom is -0.369 e. The number of halogens is 1. The molecule has 0 aromatic heterocycles. The van der Waals surface area contributed by atoms with E-state index in [1.54, 1.807) is 0 Å². The van der Waals surface area contributed by atoms with E-state index in [-0.39, 0.29) is 12.2 Å². The van der Waals surface area contributed by atoms with Crippen molar-refractivity contribution < 1.29 is 18.8 Å². The smallest absolute Gasteiger partial charge is 0.328 e. The second kappa shape index (κ2) is 4.44. The molecule has 0 radical (unpaired) electrons. The van der Waals surface area contributed by atoms with Crippen LogP contribution in [0.25, 0.3) is 0 Å². The molecule has 7 heteroatoms. The lowest BCUT2D eigenvalue weighted by molar-refractivity contribution is -0.132. The third-order valence-electron chi connectivity index (χ3n) is 2.62. The summed E-state index contributed by atoms with van der Waals surface area (Å²) in [5.74, 6) is -3.22. The molecule has 1 heterocycles. The van der Waals surface area contributed by atoms with Crippen LogP contribution < -0.4 is 16.0 Å². The maximum Gasteiger partial charge on any atom is 0.328 e. The van der Waals surface area contributed by atoms with Gasteiger partial charge in [-0.3, -0.25) is 19.8 Å². The minimum absolute atomic E-state index is 0.191. The number of carbonyl (C=O) groups excluding carboxylic acids is 3. The van der Waals surface area contributed by atoms with E-state index in [1.165, 1.54) is 18.2 Å². The van der Waals surface area contributed by atoms with Gasteiger partial charge in [0, 0.05) is 12.2 Å². The molecule has 3 N–H and O–H groups in total. The topological polar surface area (TPSA) is 92.5 Å². The molecular formula is C11H10FN3O3. The van der Waals surface area contributed by atoms with Crippen LogP contribution in [0.2, 0.25) is 0 Å². The zero-order chi connectivity index (χ0) is 13.3. The lowest BCUT2D eigenvalue weighted by Crippen LogP contribution is -2.57. The summed E-state index contributed by atoms with van der Waals surface area (Å²) >= 11 is 0. The molecule has 18 heavy (non-hydrogen) atoms. The highest BCUT2D eigenvalue weighted by Gasteiger charge is 2.36. The number of benzene rings is 1. The molecule has 1 saturated heterocycles. The second-order valence-electron chi connectivity index (χ2n) is 3.84. The Hall–Kier alpha value is -2.44. The predicted molar refractivity (Wildman–Crippen MR) is 60.0 cm³/mol. The fraction of sp³-hybridized carbons (Fsp3) is 0.182. The lowest BCUT2D eigenvalue weighted by atomic mass is 10.1. The number of rotatable bonds is 2. The van der Waals surface area contributed by atoms with Gasteiger partial charge in [0.15, 0.2) is 0 Å². The van der Waals surface area contributed by atoms with Gasteiger partial charge in [-0.2, -0.15) is 0 Å². The number of primary amides is 1. The largest absolute Gasteiger partial charge is 0.369 e. The molecule has 0 aliphatic carbocycles. The third-order valence-corrected chi connectivity index (χ3v) is 2.62. The summed E-state index contributed by atoms with van der Waals surface area (Å²) in [4.78, 5) is 35.1. The normalized spacial score (nSPS) is 19.6. The Labute approximate surface area is 102 Å². The summed E-state index contributed by atoms with van der Waals surface area (Å²) in [6.45, 7) is -0.191. The average molecular weight is 251 g/mol. The quantitative estimate of drug-likeness (QED) is 0.723. The van der Waals surface area contributed by atoms with Gasteiger partial charge in [-0.25, -0.2) is 9.18 Å². The molecular weight excluding hydrogens is 241 g/mol. The fourth-order valence-electron chi connectivity index (χ4n) is 1.69. The van der Waals surface area contributed by atoms with Gasteiger partial charge in [-0.15, -0.1) is 0 Å². The number of urea groups is 1. The first-order valence-electron chi connectivity index (χ1n) is 5.16. The Morgan fingerprint density at radius 1 is 1.44 bits per heavy atom. The van der Waals surface area contributed by atoms with E-state index >= 15 is 0 Å². The van der Waals surface area contributed by atoms with Gasteiger partial charge < -0.3 is 5.73 Å². The van der Waals surface area contributed by atoms with Gasteiger partial charge in [-0.05, 0) is 18.2 Å². The van der Waals surface area contributed by atoms with E-state index in [1.807, 2.05) is 5.32 Å². The highest BCUT2D eigenvalue weighted by Crippen LogP contribution is 2.19. The van der Waals surface area contributed by atoms with E-state index in [0.717, 1.165) is 11.0 Å². The summed E-state index contributed by atoms with van der Waals surface area (Å²) in [5, 5.41) is 2.00. The molecule has 1 fully saturated rings. The number of anilines is 1. The van der Waals surface area contributed by atoms with Gasteiger partial charge in [0.2, 0.25) is 11.8 Å². The van der Waals surface area contributed by atoms with Crippen molar-refractivity contribution in [1.29, 1.82) is 0 Å². The number of imide groups is 1. The van der Waals surface area contributed by atoms with Crippen molar-refractivity contribution in [2.75, 3.05) is 11.4 Å². The molecule has 1 aliphatic rings. The third kappa shape index (κ3) is 2.15. The van der Waals surface area contributed by atoms with Crippen molar-refractivity contribution >= 4 is 23.5 Å². The number of carbonyl (C=O) groups is 3. The molecule has 6 nitrogen and oxygen atoms in total. The summed E-state index contributed by atoms with van der Waals surface area (Å²) < 4.78 is 13.1. The van der Waals surface area contributed by atoms with Crippen LogP contribution >= 0.6 is 0 Å². The molecule has 4 amide bonds. The maximum atomic E-state index is 13.1. The molecule has 0 spiro atoms. The molecule has 0 bridgehead atoms. The molecule has 1 aromatic rings. The Kier molecular flexibility index (Phi) is 2.97. The SMILES string of the molecule is NC(=O)C1CN(c2cccc(F)c2)C(=O)NC1=O. The van der Waals surface area contributed by atoms with Crippen LogP contribution in [0.1, 0.15) is 0 Å². The molecule has 1 aliphatic heterocycles. The van der Waals surface area contributed by atoms with E-state index in [9.17, 15) is 18.8 Å². The van der Waals surface area contributed by atoms with Crippen molar-refractivity contribution in [2.24, 2.45) is 11.7 Å². The van der Waals surface area contributed by atoms with E-state index < -0.39 is 29.6 Å². The van der Waals surface area contributed by atoms with Crippen LogP contribution in [0.15, 0.2) is 24.3 Å². The van der Waals surface area contributed by atoms with Crippen LogP contribution in [0.4, 0.5) is 14.9 Å². The predicted octanol–water partition coefficient (Wildman–Crippen LogP) is -0.0166. The Morgan fingerprint density at radius 2 is 2.17 bits per heavy atom. The van der Waals surface area contributed by atoms with Gasteiger partial charge >= 0.3 is 6.03 Å². The molecule has 1 atom stereocenters. The Balaban J connectivity index is 2.30. The first-order chi connectivity index (χ1) is 8.49. The molecule has 1 aromatic carbocycles. The standard InChI is InChI=1S/C11H10FN3O3/c12-6-2-1-3-7(4-6)15-5-8(9(13)16)10(17)14-11(15)18/h1-4,8H,5H2,(H2,13,16)(H,14,17,18). The second-order valence-corrected chi connectivity index (χ2v) is 3.84. The number of amides is 4. The maximum absolute atomic E-state index is 13.1. The fourth-order valence-corrected chi connectivity index (χ4v) is 1.69. The number of nitrogens with zero attached hydrogens (tertiary/aromatic N) is 1. The number of hydrogen-bond donors (Lipinski definition) is 2. The number of nitrogens with one attached hydrogen (secondary N) is 1. The highest BCUT2D eigenvalue weighted by atomic mass is 19.1. The Bertz CT molecular complexity index is 532. The molecule has 2 rings (SSSR count). The van der Waals surface area contributed by atoms with E-state index in [2.05, 4.69) is 0 Å². The molecule has 0 saturated carbocycles. The summed E-state index contributed by atoms with van der Waals surface area (Å²) in [5.41, 5.74) is 5.32. The van der Waals surface area contributed by atoms with Gasteiger partial charge in [-0.1, -0.05) is 6.07 Å². The zero-order valence-corrected chi connectivity index (χ0v) is 9.22. The average Bonchev–Trinajstić information content (AvgIpc) is 2.28. The minimum atomic E-state index is -1.13. The van der Waals surface area contributed by atoms with Gasteiger partial charge in [0.25, 0.3) is 0 Å². The summed E-state index contributed by atoms with van der Waals surface area (Å²) in [7, 11) is 0. The molecule has 94 valence electrons. The van der Waals surface area contributed by atoms with Crippen molar-refractivity contribution in [2.45, 2.75) is 0 Å². The number of hydrogen-bond acceptors (Lipinski definition) is 3. The van der Waals surface area contributed by atoms with Crippen LogP contribution in [0.5, 0.6) is 0 Å².